The summed E-state index contributed by atoms with van der Waals surface area (Å²) in [7, 11) is 4.38. The van der Waals surface area contributed by atoms with Crippen LogP contribution in [0.5, 0.6) is 0 Å². The van der Waals surface area contributed by atoms with E-state index in [9.17, 15) is 4.79 Å². The van der Waals surface area contributed by atoms with Crippen molar-refractivity contribution < 1.29 is 9.28 Å². The van der Waals surface area contributed by atoms with Crippen molar-refractivity contribution >= 4 is 11.6 Å². The van der Waals surface area contributed by atoms with E-state index in [2.05, 4.69) is 19.4 Å². The third-order valence-electron chi connectivity index (χ3n) is 4.93. The van der Waals surface area contributed by atoms with Gasteiger partial charge in [0, 0.05) is 5.69 Å². The minimum atomic E-state index is -0.0291. The summed E-state index contributed by atoms with van der Waals surface area (Å²) in [6, 6.07) is 8.57. The predicted octanol–water partition coefficient (Wildman–Crippen LogP) is 3.34. The molecular formula is C17H27N2O+. The molecule has 1 aliphatic carbocycles. The van der Waals surface area contributed by atoms with Gasteiger partial charge in [0.1, 0.15) is 0 Å². The number of hydrogen-bond donors (Lipinski definition) is 1. The van der Waals surface area contributed by atoms with E-state index in [0.29, 0.717) is 6.04 Å². The molecule has 3 nitrogen and oxygen atoms in total. The highest BCUT2D eigenvalue weighted by Crippen LogP contribution is 2.29. The van der Waals surface area contributed by atoms with E-state index in [1.165, 1.54) is 31.2 Å². The first-order chi connectivity index (χ1) is 9.41. The number of anilines is 1. The summed E-state index contributed by atoms with van der Waals surface area (Å²) in [5, 5.41) is 3.06. The Balaban J connectivity index is 2.04. The molecule has 1 aromatic carbocycles. The lowest BCUT2D eigenvalue weighted by atomic mass is 10.1. The van der Waals surface area contributed by atoms with E-state index in [1.54, 1.807) is 0 Å². The topological polar surface area (TPSA) is 29.1 Å². The number of hydrogen-bond acceptors (Lipinski definition) is 1. The van der Waals surface area contributed by atoms with Crippen molar-refractivity contribution in [3.63, 3.8) is 0 Å². The number of aryl methyl sites for hydroxylation is 1. The Hall–Kier alpha value is -1.35. The van der Waals surface area contributed by atoms with Gasteiger partial charge in [-0.1, -0.05) is 12.1 Å². The second-order valence-corrected chi connectivity index (χ2v) is 6.60. The standard InChI is InChI=1S/C17H26N2O/c1-13-8-7-9-15(12-13)18-17(20)14(2)19(3,4)16-10-5-6-11-16/h7-9,12,14,16H,5-6,10-11H2,1-4H3/p+1/t14-/m1/s1. The predicted molar refractivity (Wildman–Crippen MR) is 83.6 cm³/mol. The second kappa shape index (κ2) is 5.96. The van der Waals surface area contributed by atoms with Gasteiger partial charge in [0.2, 0.25) is 0 Å². The van der Waals surface area contributed by atoms with Gasteiger partial charge in [-0.3, -0.25) is 4.79 Å². The lowest BCUT2D eigenvalue weighted by Gasteiger charge is -2.40. The molecule has 1 saturated carbocycles. The van der Waals surface area contributed by atoms with Gasteiger partial charge in [-0.15, -0.1) is 0 Å². The maximum absolute atomic E-state index is 12.5. The van der Waals surface area contributed by atoms with Gasteiger partial charge in [-0.25, -0.2) is 0 Å². The third-order valence-corrected chi connectivity index (χ3v) is 4.93. The van der Waals surface area contributed by atoms with Crippen molar-refractivity contribution in [2.45, 2.75) is 51.6 Å². The Labute approximate surface area is 122 Å². The van der Waals surface area contributed by atoms with Gasteiger partial charge in [0.15, 0.2) is 6.04 Å². The van der Waals surface area contributed by atoms with Gasteiger partial charge in [-0.2, -0.15) is 0 Å². The van der Waals surface area contributed by atoms with E-state index in [4.69, 9.17) is 0 Å². The van der Waals surface area contributed by atoms with E-state index in [0.717, 1.165) is 10.2 Å². The van der Waals surface area contributed by atoms with Crippen LogP contribution >= 0.6 is 0 Å². The van der Waals surface area contributed by atoms with Crippen molar-refractivity contribution in [1.82, 2.24) is 0 Å². The molecule has 20 heavy (non-hydrogen) atoms. The molecule has 110 valence electrons. The molecule has 1 fully saturated rings. The number of carbonyl (C=O) groups is 1. The molecule has 3 heteroatoms. The lowest BCUT2D eigenvalue weighted by molar-refractivity contribution is -0.927. The summed E-state index contributed by atoms with van der Waals surface area (Å²) >= 11 is 0. The Morgan fingerprint density at radius 1 is 1.30 bits per heavy atom. The minimum Gasteiger partial charge on any atom is -0.321 e. The average molecular weight is 275 g/mol. The van der Waals surface area contributed by atoms with Crippen molar-refractivity contribution in [2.24, 2.45) is 0 Å². The van der Waals surface area contributed by atoms with Gasteiger partial charge >= 0.3 is 0 Å². The molecule has 0 unspecified atom stereocenters. The number of benzene rings is 1. The largest absolute Gasteiger partial charge is 0.321 e. The SMILES string of the molecule is Cc1cccc(NC(=O)[C@@H](C)[N+](C)(C)C2CCCC2)c1. The molecule has 0 heterocycles. The van der Waals surface area contributed by atoms with E-state index in [1.807, 2.05) is 38.1 Å². The molecule has 2 rings (SSSR count). The van der Waals surface area contributed by atoms with Crippen molar-refractivity contribution in [2.75, 3.05) is 19.4 Å². The van der Waals surface area contributed by atoms with Gasteiger partial charge in [-0.05, 0) is 57.2 Å². The van der Waals surface area contributed by atoms with Crippen LogP contribution in [0.2, 0.25) is 0 Å². The summed E-state index contributed by atoms with van der Waals surface area (Å²) in [6.07, 6.45) is 5.10. The van der Waals surface area contributed by atoms with Gasteiger partial charge < -0.3 is 9.80 Å². The highest BCUT2D eigenvalue weighted by atomic mass is 16.2. The van der Waals surface area contributed by atoms with Gasteiger partial charge in [0.25, 0.3) is 5.91 Å². The van der Waals surface area contributed by atoms with Crippen LogP contribution in [0, 0.1) is 6.92 Å². The molecule has 0 spiro atoms. The van der Waals surface area contributed by atoms with Crippen molar-refractivity contribution in [3.8, 4) is 0 Å². The number of nitrogens with zero attached hydrogens (tertiary/aromatic N) is 1. The normalized spacial score (nSPS) is 18.0. The number of nitrogens with one attached hydrogen (secondary N) is 1. The third kappa shape index (κ3) is 3.21. The molecule has 1 N–H and O–H groups in total. The first-order valence-electron chi connectivity index (χ1n) is 7.62. The molecule has 0 radical (unpaired) electrons. The molecule has 0 bridgehead atoms. The zero-order valence-electron chi connectivity index (χ0n) is 13.1. The summed E-state index contributed by atoms with van der Waals surface area (Å²) in [5.74, 6) is 0.118. The minimum absolute atomic E-state index is 0.0291. The Kier molecular flexibility index (Phi) is 4.48. The van der Waals surface area contributed by atoms with Gasteiger partial charge in [0.05, 0.1) is 20.1 Å². The van der Waals surface area contributed by atoms with Crippen molar-refractivity contribution in [1.29, 1.82) is 0 Å². The highest BCUT2D eigenvalue weighted by Gasteiger charge is 2.39. The Bertz CT molecular complexity index is 476. The molecule has 1 aromatic rings. The fourth-order valence-corrected chi connectivity index (χ4v) is 3.16. The van der Waals surface area contributed by atoms with Crippen LogP contribution in [0.4, 0.5) is 5.69 Å². The molecule has 0 aliphatic heterocycles. The molecule has 0 aromatic heterocycles. The fraction of sp³-hybridized carbons (Fsp3) is 0.588. The van der Waals surface area contributed by atoms with E-state index >= 15 is 0 Å². The zero-order valence-corrected chi connectivity index (χ0v) is 13.1. The van der Waals surface area contributed by atoms with E-state index in [-0.39, 0.29) is 11.9 Å². The zero-order chi connectivity index (χ0) is 14.8. The molecule has 1 atom stereocenters. The first kappa shape index (κ1) is 15.0. The molecular weight excluding hydrogens is 248 g/mol. The fourth-order valence-electron chi connectivity index (χ4n) is 3.16. The Morgan fingerprint density at radius 3 is 2.55 bits per heavy atom. The van der Waals surface area contributed by atoms with Crippen LogP contribution in [0.25, 0.3) is 0 Å². The lowest BCUT2D eigenvalue weighted by Crippen LogP contribution is -2.57. The molecule has 0 saturated heterocycles. The first-order valence-corrected chi connectivity index (χ1v) is 7.62. The average Bonchev–Trinajstić information content (AvgIpc) is 2.92. The van der Waals surface area contributed by atoms with E-state index < -0.39 is 0 Å². The number of carbonyl (C=O) groups excluding carboxylic acids is 1. The van der Waals surface area contributed by atoms with Crippen molar-refractivity contribution in [3.05, 3.63) is 29.8 Å². The summed E-state index contributed by atoms with van der Waals surface area (Å²) in [4.78, 5) is 12.5. The van der Waals surface area contributed by atoms with Crippen LogP contribution in [0.1, 0.15) is 38.2 Å². The number of amides is 1. The monoisotopic (exact) mass is 275 g/mol. The number of likely N-dealkylation sites (N-methyl/N-ethyl adjacent to an activating group) is 1. The maximum Gasteiger partial charge on any atom is 0.282 e. The van der Waals surface area contributed by atoms with Crippen LogP contribution < -0.4 is 5.32 Å². The van der Waals surface area contributed by atoms with Crippen LogP contribution in [-0.4, -0.2) is 36.6 Å². The second-order valence-electron chi connectivity index (χ2n) is 6.60. The summed E-state index contributed by atoms with van der Waals surface area (Å²) in [5.41, 5.74) is 2.06. The maximum atomic E-state index is 12.5. The highest BCUT2D eigenvalue weighted by molar-refractivity contribution is 5.93. The summed E-state index contributed by atoms with van der Waals surface area (Å²) < 4.78 is 0.789. The molecule has 1 aliphatic rings. The van der Waals surface area contributed by atoms with Crippen LogP contribution in [-0.2, 0) is 4.79 Å². The quantitative estimate of drug-likeness (QED) is 0.839. The molecule has 1 amide bonds. The van der Waals surface area contributed by atoms with Crippen LogP contribution in [0.15, 0.2) is 24.3 Å². The number of quaternary nitrogens is 1. The van der Waals surface area contributed by atoms with Crippen LogP contribution in [0.3, 0.4) is 0 Å². The number of rotatable bonds is 4. The Morgan fingerprint density at radius 2 is 1.95 bits per heavy atom. The summed E-state index contributed by atoms with van der Waals surface area (Å²) in [6.45, 7) is 4.08. The smallest absolute Gasteiger partial charge is 0.282 e.